The van der Waals surface area contributed by atoms with Gasteiger partial charge < -0.3 is 15.8 Å². The van der Waals surface area contributed by atoms with Crippen molar-refractivity contribution in [3.63, 3.8) is 0 Å². The molecule has 1 aromatic carbocycles. The first-order valence-corrected chi connectivity index (χ1v) is 7.79. The summed E-state index contributed by atoms with van der Waals surface area (Å²) in [5.74, 6) is 1.56. The standard InChI is InChI=1S/C17H26N2O2.ClH/c1-12(2)11-21-16-5-3-4-13(8-16)10-19-17(20)14-6-7-15(18)9-14;/h3-5,8,12,14-15H,6-7,9-11,18H2,1-2H3,(H,19,20);1H. The van der Waals surface area contributed by atoms with E-state index in [0.29, 0.717) is 19.1 Å². The van der Waals surface area contributed by atoms with Gasteiger partial charge in [0.1, 0.15) is 5.75 Å². The van der Waals surface area contributed by atoms with Crippen molar-refractivity contribution in [3.8, 4) is 5.75 Å². The lowest BCUT2D eigenvalue weighted by Gasteiger charge is -2.12. The molecule has 1 aromatic rings. The first-order chi connectivity index (χ1) is 10.0. The van der Waals surface area contributed by atoms with Crippen LogP contribution in [0.1, 0.15) is 38.7 Å². The smallest absolute Gasteiger partial charge is 0.223 e. The van der Waals surface area contributed by atoms with Crippen molar-refractivity contribution in [1.82, 2.24) is 5.32 Å². The quantitative estimate of drug-likeness (QED) is 0.844. The number of hydrogen-bond acceptors (Lipinski definition) is 3. The second-order valence-corrected chi connectivity index (χ2v) is 6.34. The van der Waals surface area contributed by atoms with Crippen LogP contribution in [0.2, 0.25) is 0 Å². The number of nitrogens with one attached hydrogen (secondary N) is 1. The minimum absolute atomic E-state index is 0. The normalized spacial score (nSPS) is 20.5. The molecule has 1 amide bonds. The Morgan fingerprint density at radius 2 is 2.18 bits per heavy atom. The molecule has 0 heterocycles. The first kappa shape index (κ1) is 18.8. The van der Waals surface area contributed by atoms with Crippen molar-refractivity contribution in [3.05, 3.63) is 29.8 Å². The van der Waals surface area contributed by atoms with Crippen molar-refractivity contribution in [2.45, 2.75) is 45.7 Å². The summed E-state index contributed by atoms with van der Waals surface area (Å²) in [6, 6.07) is 8.09. The van der Waals surface area contributed by atoms with Gasteiger partial charge in [0.25, 0.3) is 0 Å². The average molecular weight is 327 g/mol. The topological polar surface area (TPSA) is 64.3 Å². The van der Waals surface area contributed by atoms with Gasteiger partial charge in [0.2, 0.25) is 5.91 Å². The second-order valence-electron chi connectivity index (χ2n) is 6.34. The summed E-state index contributed by atoms with van der Waals surface area (Å²) in [5.41, 5.74) is 6.91. The molecule has 5 heteroatoms. The van der Waals surface area contributed by atoms with Gasteiger partial charge in [-0.1, -0.05) is 26.0 Å². The van der Waals surface area contributed by atoms with Crippen molar-refractivity contribution >= 4 is 18.3 Å². The molecule has 22 heavy (non-hydrogen) atoms. The summed E-state index contributed by atoms with van der Waals surface area (Å²) >= 11 is 0. The molecule has 0 bridgehead atoms. The Morgan fingerprint density at radius 1 is 1.41 bits per heavy atom. The molecule has 0 aromatic heterocycles. The fourth-order valence-corrected chi connectivity index (χ4v) is 2.60. The molecule has 2 rings (SSSR count). The lowest BCUT2D eigenvalue weighted by molar-refractivity contribution is -0.125. The molecule has 1 aliphatic rings. The van der Waals surface area contributed by atoms with E-state index < -0.39 is 0 Å². The van der Waals surface area contributed by atoms with Crippen LogP contribution >= 0.6 is 12.4 Å². The highest BCUT2D eigenvalue weighted by molar-refractivity contribution is 5.85. The van der Waals surface area contributed by atoms with Gasteiger partial charge in [-0.3, -0.25) is 4.79 Å². The number of nitrogens with two attached hydrogens (primary N) is 1. The highest BCUT2D eigenvalue weighted by Gasteiger charge is 2.27. The van der Waals surface area contributed by atoms with Crippen molar-refractivity contribution in [1.29, 1.82) is 0 Å². The molecular formula is C17H27ClN2O2. The van der Waals surface area contributed by atoms with Crippen molar-refractivity contribution in [2.75, 3.05) is 6.61 Å². The molecule has 2 unspecified atom stereocenters. The van der Waals surface area contributed by atoms with E-state index in [1.807, 2.05) is 24.3 Å². The third-order valence-corrected chi connectivity index (χ3v) is 3.79. The van der Waals surface area contributed by atoms with Crippen LogP contribution in [-0.2, 0) is 11.3 Å². The predicted octanol–water partition coefficient (Wildman–Crippen LogP) is 2.89. The summed E-state index contributed by atoms with van der Waals surface area (Å²) in [6.07, 6.45) is 2.67. The number of rotatable bonds is 6. The van der Waals surface area contributed by atoms with Crippen LogP contribution in [0, 0.1) is 11.8 Å². The largest absolute Gasteiger partial charge is 0.493 e. The van der Waals surface area contributed by atoms with Crippen LogP contribution in [0.25, 0.3) is 0 Å². The van der Waals surface area contributed by atoms with Gasteiger partial charge in [-0.25, -0.2) is 0 Å². The highest BCUT2D eigenvalue weighted by Crippen LogP contribution is 2.24. The maximum Gasteiger partial charge on any atom is 0.223 e. The number of benzene rings is 1. The van der Waals surface area contributed by atoms with Crippen LogP contribution in [0.4, 0.5) is 0 Å². The number of carbonyl (C=O) groups excluding carboxylic acids is 1. The van der Waals surface area contributed by atoms with E-state index in [1.165, 1.54) is 0 Å². The summed E-state index contributed by atoms with van der Waals surface area (Å²) in [5, 5.41) is 3.00. The molecule has 2 atom stereocenters. The molecule has 3 N–H and O–H groups in total. The average Bonchev–Trinajstić information content (AvgIpc) is 2.90. The van der Waals surface area contributed by atoms with Crippen LogP contribution in [0.15, 0.2) is 24.3 Å². The van der Waals surface area contributed by atoms with Crippen LogP contribution < -0.4 is 15.8 Å². The summed E-state index contributed by atoms with van der Waals surface area (Å²) in [6.45, 7) is 5.49. The Bertz CT molecular complexity index is 479. The Morgan fingerprint density at radius 3 is 2.82 bits per heavy atom. The summed E-state index contributed by atoms with van der Waals surface area (Å²) < 4.78 is 5.70. The SMILES string of the molecule is CC(C)COc1cccc(CNC(=O)C2CCC(N)C2)c1.Cl. The third-order valence-electron chi connectivity index (χ3n) is 3.79. The van der Waals surface area contributed by atoms with Gasteiger partial charge in [0, 0.05) is 18.5 Å². The zero-order valence-electron chi connectivity index (χ0n) is 13.4. The minimum Gasteiger partial charge on any atom is -0.493 e. The highest BCUT2D eigenvalue weighted by atomic mass is 35.5. The van der Waals surface area contributed by atoms with Gasteiger partial charge >= 0.3 is 0 Å². The molecule has 1 aliphatic carbocycles. The van der Waals surface area contributed by atoms with Crippen LogP contribution in [0.3, 0.4) is 0 Å². The van der Waals surface area contributed by atoms with Gasteiger partial charge in [-0.05, 0) is 42.9 Å². The molecule has 0 saturated heterocycles. The fourth-order valence-electron chi connectivity index (χ4n) is 2.60. The minimum atomic E-state index is 0. The molecule has 4 nitrogen and oxygen atoms in total. The molecule has 124 valence electrons. The Labute approximate surface area is 139 Å². The number of halogens is 1. The Kier molecular flexibility index (Phi) is 7.69. The van der Waals surface area contributed by atoms with Crippen molar-refractivity contribution in [2.24, 2.45) is 17.6 Å². The first-order valence-electron chi connectivity index (χ1n) is 7.79. The van der Waals surface area contributed by atoms with E-state index >= 15 is 0 Å². The maximum absolute atomic E-state index is 12.1. The second kappa shape index (κ2) is 9.01. The molecule has 1 saturated carbocycles. The van der Waals surface area contributed by atoms with E-state index in [4.69, 9.17) is 10.5 Å². The maximum atomic E-state index is 12.1. The van der Waals surface area contributed by atoms with E-state index in [0.717, 1.165) is 30.6 Å². The van der Waals surface area contributed by atoms with E-state index in [1.54, 1.807) is 0 Å². The lowest BCUT2D eigenvalue weighted by Crippen LogP contribution is -2.30. The Hall–Kier alpha value is -1.26. The van der Waals surface area contributed by atoms with E-state index in [2.05, 4.69) is 19.2 Å². The van der Waals surface area contributed by atoms with Crippen LogP contribution in [0.5, 0.6) is 5.75 Å². The molecule has 0 aliphatic heterocycles. The number of hydrogen-bond donors (Lipinski definition) is 2. The zero-order chi connectivity index (χ0) is 15.2. The number of ether oxygens (including phenoxy) is 1. The summed E-state index contributed by atoms with van der Waals surface area (Å²) in [4.78, 5) is 12.1. The van der Waals surface area contributed by atoms with E-state index in [9.17, 15) is 4.79 Å². The van der Waals surface area contributed by atoms with E-state index in [-0.39, 0.29) is 30.3 Å². The van der Waals surface area contributed by atoms with Gasteiger partial charge in [-0.15, -0.1) is 12.4 Å². The lowest BCUT2D eigenvalue weighted by atomic mass is 10.1. The monoisotopic (exact) mass is 326 g/mol. The molecule has 0 radical (unpaired) electrons. The van der Waals surface area contributed by atoms with Crippen LogP contribution in [-0.4, -0.2) is 18.6 Å². The van der Waals surface area contributed by atoms with Gasteiger partial charge in [-0.2, -0.15) is 0 Å². The molecule has 0 spiro atoms. The Balaban J connectivity index is 0.00000242. The number of amides is 1. The van der Waals surface area contributed by atoms with Gasteiger partial charge in [0.15, 0.2) is 0 Å². The fraction of sp³-hybridized carbons (Fsp3) is 0.588. The summed E-state index contributed by atoms with van der Waals surface area (Å²) in [7, 11) is 0. The predicted molar refractivity (Wildman–Crippen MR) is 91.2 cm³/mol. The number of carbonyl (C=O) groups is 1. The zero-order valence-corrected chi connectivity index (χ0v) is 14.2. The third kappa shape index (κ3) is 5.85. The van der Waals surface area contributed by atoms with Crippen molar-refractivity contribution < 1.29 is 9.53 Å². The molecule has 1 fully saturated rings. The molecular weight excluding hydrogens is 300 g/mol. The van der Waals surface area contributed by atoms with Gasteiger partial charge in [0.05, 0.1) is 6.61 Å².